The van der Waals surface area contributed by atoms with E-state index < -0.39 is 12.1 Å². The summed E-state index contributed by atoms with van der Waals surface area (Å²) in [5.74, 6) is -0.673. The molecule has 1 amide bonds. The van der Waals surface area contributed by atoms with Crippen LogP contribution in [0.1, 0.15) is 25.1 Å². The first-order valence-electron chi connectivity index (χ1n) is 8.43. The average molecular weight is 351 g/mol. The molecule has 1 atom stereocenters. The predicted molar refractivity (Wildman–Crippen MR) is 100 cm³/mol. The molecule has 0 aliphatic carbocycles. The summed E-state index contributed by atoms with van der Waals surface area (Å²) in [6.45, 7) is 5.83. The van der Waals surface area contributed by atoms with Gasteiger partial charge in [-0.3, -0.25) is 4.79 Å². The molecule has 2 aromatic rings. The highest BCUT2D eigenvalue weighted by Gasteiger charge is 2.24. The SMILES string of the molecule is CC(C)C(F)C(=O)N(C)CCCN(C)Cc1cc2ccccc2s1. The first kappa shape index (κ1) is 18.9. The smallest absolute Gasteiger partial charge is 0.257 e. The van der Waals surface area contributed by atoms with Gasteiger partial charge in [-0.15, -0.1) is 11.3 Å². The fraction of sp³-hybridized carbons (Fsp3) is 0.526. The summed E-state index contributed by atoms with van der Waals surface area (Å²) in [6.07, 6.45) is -0.555. The Hall–Kier alpha value is -1.46. The minimum Gasteiger partial charge on any atom is -0.343 e. The maximum absolute atomic E-state index is 13.7. The maximum Gasteiger partial charge on any atom is 0.257 e. The molecule has 0 N–H and O–H groups in total. The summed E-state index contributed by atoms with van der Waals surface area (Å²) in [7, 11) is 3.77. The topological polar surface area (TPSA) is 23.6 Å². The number of carbonyl (C=O) groups is 1. The van der Waals surface area contributed by atoms with Gasteiger partial charge in [-0.2, -0.15) is 0 Å². The second kappa shape index (κ2) is 8.58. The molecule has 132 valence electrons. The van der Waals surface area contributed by atoms with Crippen LogP contribution in [0.4, 0.5) is 4.39 Å². The molecule has 0 radical (unpaired) electrons. The van der Waals surface area contributed by atoms with E-state index in [1.54, 1.807) is 20.9 Å². The zero-order valence-electron chi connectivity index (χ0n) is 15.0. The van der Waals surface area contributed by atoms with Crippen LogP contribution in [0.25, 0.3) is 10.1 Å². The molecule has 0 saturated heterocycles. The van der Waals surface area contributed by atoms with Crippen molar-refractivity contribution in [1.82, 2.24) is 9.80 Å². The van der Waals surface area contributed by atoms with Crippen LogP contribution < -0.4 is 0 Å². The lowest BCUT2D eigenvalue weighted by atomic mass is 10.1. The van der Waals surface area contributed by atoms with Gasteiger partial charge in [0.1, 0.15) is 0 Å². The van der Waals surface area contributed by atoms with E-state index in [9.17, 15) is 9.18 Å². The third-order valence-corrected chi connectivity index (χ3v) is 5.23. The van der Waals surface area contributed by atoms with Crippen LogP contribution >= 0.6 is 11.3 Å². The van der Waals surface area contributed by atoms with E-state index in [2.05, 4.69) is 42.3 Å². The fourth-order valence-electron chi connectivity index (χ4n) is 2.64. The number of halogens is 1. The summed E-state index contributed by atoms with van der Waals surface area (Å²) in [4.78, 5) is 17.0. The van der Waals surface area contributed by atoms with Crippen LogP contribution in [-0.2, 0) is 11.3 Å². The third-order valence-electron chi connectivity index (χ3n) is 4.13. The number of thiophene rings is 1. The van der Waals surface area contributed by atoms with Crippen molar-refractivity contribution in [3.8, 4) is 0 Å². The highest BCUT2D eigenvalue weighted by Crippen LogP contribution is 2.26. The molecular formula is C19H27FN2OS. The number of nitrogens with zero attached hydrogens (tertiary/aromatic N) is 2. The van der Waals surface area contributed by atoms with Gasteiger partial charge in [-0.25, -0.2) is 4.39 Å². The highest BCUT2D eigenvalue weighted by atomic mass is 32.1. The molecule has 24 heavy (non-hydrogen) atoms. The lowest BCUT2D eigenvalue weighted by Crippen LogP contribution is -2.38. The largest absolute Gasteiger partial charge is 0.343 e. The average Bonchev–Trinajstić information content (AvgIpc) is 2.95. The Labute approximate surface area is 148 Å². The Balaban J connectivity index is 1.76. The van der Waals surface area contributed by atoms with Crippen molar-refractivity contribution in [3.63, 3.8) is 0 Å². The summed E-state index contributed by atoms with van der Waals surface area (Å²) >= 11 is 1.82. The number of rotatable bonds is 8. The van der Waals surface area contributed by atoms with Gasteiger partial charge in [0.25, 0.3) is 5.91 Å². The predicted octanol–water partition coefficient (Wildman–Crippen LogP) is 4.18. The number of hydrogen-bond acceptors (Lipinski definition) is 3. The Morgan fingerprint density at radius 3 is 2.58 bits per heavy atom. The minimum atomic E-state index is -1.40. The van der Waals surface area contributed by atoms with Crippen molar-refractivity contribution in [2.75, 3.05) is 27.2 Å². The van der Waals surface area contributed by atoms with E-state index in [4.69, 9.17) is 0 Å². The number of benzene rings is 1. The molecule has 0 bridgehead atoms. The molecule has 1 unspecified atom stereocenters. The Morgan fingerprint density at radius 2 is 1.92 bits per heavy atom. The van der Waals surface area contributed by atoms with E-state index in [0.29, 0.717) is 6.54 Å². The van der Waals surface area contributed by atoms with E-state index in [1.165, 1.54) is 19.9 Å². The molecule has 0 fully saturated rings. The molecule has 1 aromatic carbocycles. The Morgan fingerprint density at radius 1 is 1.21 bits per heavy atom. The van der Waals surface area contributed by atoms with Gasteiger partial charge in [0.2, 0.25) is 0 Å². The first-order valence-corrected chi connectivity index (χ1v) is 9.25. The zero-order valence-corrected chi connectivity index (χ0v) is 15.8. The second-order valence-electron chi connectivity index (χ2n) is 6.75. The molecule has 1 heterocycles. The number of alkyl halides is 1. The Kier molecular flexibility index (Phi) is 6.75. The lowest BCUT2D eigenvalue weighted by molar-refractivity contribution is -0.136. The number of hydrogen-bond donors (Lipinski definition) is 0. The molecule has 1 aromatic heterocycles. The monoisotopic (exact) mass is 350 g/mol. The van der Waals surface area contributed by atoms with Crippen LogP contribution in [0.2, 0.25) is 0 Å². The van der Waals surface area contributed by atoms with Gasteiger partial charge < -0.3 is 9.80 Å². The van der Waals surface area contributed by atoms with Gasteiger partial charge in [-0.05, 0) is 43.5 Å². The van der Waals surface area contributed by atoms with Crippen molar-refractivity contribution < 1.29 is 9.18 Å². The fourth-order valence-corrected chi connectivity index (χ4v) is 3.79. The molecule has 5 heteroatoms. The normalized spacial score (nSPS) is 13.0. The third kappa shape index (κ3) is 5.02. The van der Waals surface area contributed by atoms with Crippen molar-refractivity contribution in [2.45, 2.75) is 33.0 Å². The molecule has 0 spiro atoms. The quantitative estimate of drug-likeness (QED) is 0.713. The molecular weight excluding hydrogens is 323 g/mol. The molecule has 3 nitrogen and oxygen atoms in total. The van der Waals surface area contributed by atoms with Crippen molar-refractivity contribution in [1.29, 1.82) is 0 Å². The van der Waals surface area contributed by atoms with E-state index in [1.807, 2.05) is 11.3 Å². The van der Waals surface area contributed by atoms with Crippen molar-refractivity contribution >= 4 is 27.3 Å². The number of amides is 1. The summed E-state index contributed by atoms with van der Waals surface area (Å²) in [5, 5.41) is 1.29. The van der Waals surface area contributed by atoms with Crippen LogP contribution in [0.15, 0.2) is 30.3 Å². The molecule has 0 saturated carbocycles. The van der Waals surface area contributed by atoms with Crippen LogP contribution in [-0.4, -0.2) is 49.1 Å². The highest BCUT2D eigenvalue weighted by molar-refractivity contribution is 7.19. The maximum atomic E-state index is 13.7. The van der Waals surface area contributed by atoms with E-state index in [0.717, 1.165) is 19.5 Å². The number of fused-ring (bicyclic) bond motifs is 1. The van der Waals surface area contributed by atoms with Crippen LogP contribution in [0.3, 0.4) is 0 Å². The number of carbonyl (C=O) groups excluding carboxylic acids is 1. The minimum absolute atomic E-state index is 0.268. The standard InChI is InChI=1S/C19H27FN2OS/c1-14(2)18(20)19(23)22(4)11-7-10-21(3)13-16-12-15-8-5-6-9-17(15)24-16/h5-6,8-9,12,14,18H,7,10-11,13H2,1-4H3. The van der Waals surface area contributed by atoms with Crippen LogP contribution in [0.5, 0.6) is 0 Å². The van der Waals surface area contributed by atoms with E-state index in [-0.39, 0.29) is 5.92 Å². The second-order valence-corrected chi connectivity index (χ2v) is 7.92. The Bertz CT molecular complexity index is 637. The van der Waals surface area contributed by atoms with Crippen LogP contribution in [0, 0.1) is 5.92 Å². The molecule has 2 rings (SSSR count). The van der Waals surface area contributed by atoms with Crippen molar-refractivity contribution in [2.24, 2.45) is 5.92 Å². The van der Waals surface area contributed by atoms with Gasteiger partial charge in [0, 0.05) is 29.7 Å². The lowest BCUT2D eigenvalue weighted by Gasteiger charge is -2.22. The van der Waals surface area contributed by atoms with Gasteiger partial charge in [-0.1, -0.05) is 32.0 Å². The summed E-state index contributed by atoms with van der Waals surface area (Å²) in [6, 6.07) is 10.6. The zero-order chi connectivity index (χ0) is 17.7. The first-order chi connectivity index (χ1) is 11.4. The van der Waals surface area contributed by atoms with Gasteiger partial charge >= 0.3 is 0 Å². The van der Waals surface area contributed by atoms with Gasteiger partial charge in [0.05, 0.1) is 0 Å². The van der Waals surface area contributed by atoms with Crippen molar-refractivity contribution in [3.05, 3.63) is 35.2 Å². The van der Waals surface area contributed by atoms with Gasteiger partial charge in [0.15, 0.2) is 6.17 Å². The van der Waals surface area contributed by atoms with E-state index >= 15 is 0 Å². The molecule has 0 aliphatic rings. The summed E-state index contributed by atoms with van der Waals surface area (Å²) < 4.78 is 15.1. The molecule has 0 aliphatic heterocycles. The summed E-state index contributed by atoms with van der Waals surface area (Å²) in [5.41, 5.74) is 0.